The molecule has 92 valence electrons. The van der Waals surface area contributed by atoms with Crippen molar-refractivity contribution in [2.24, 2.45) is 0 Å². The molecule has 0 aromatic heterocycles. The van der Waals surface area contributed by atoms with E-state index in [1.54, 1.807) is 0 Å². The molecule has 2 heteroatoms. The van der Waals surface area contributed by atoms with E-state index >= 15 is 0 Å². The van der Waals surface area contributed by atoms with Gasteiger partial charge in [0.1, 0.15) is 0 Å². The number of nitrogens with zero attached hydrogens (tertiary/aromatic N) is 1. The molecular formula is C14H26N2. The molecule has 0 spiro atoms. The average molecular weight is 222 g/mol. The largest absolute Gasteiger partial charge is 0.309 e. The predicted octanol–water partition coefficient (Wildman–Crippen LogP) is 2.25. The first kappa shape index (κ1) is 13.5. The molecule has 3 unspecified atom stereocenters. The Bertz CT molecular complexity index is 256. The van der Waals surface area contributed by atoms with E-state index in [4.69, 9.17) is 6.42 Å². The molecule has 0 aromatic rings. The van der Waals surface area contributed by atoms with E-state index in [0.717, 1.165) is 19.5 Å². The molecule has 2 nitrogen and oxygen atoms in total. The standard InChI is InChI=1S/C14H26N2/c1-6-9-12(4)16-11-14(5,8-3)15-10-13(16)7-2/h1,12-13,15H,7-11H2,2-5H3. The highest BCUT2D eigenvalue weighted by molar-refractivity contribution is 4.98. The zero-order chi connectivity index (χ0) is 12.2. The summed E-state index contributed by atoms with van der Waals surface area (Å²) in [5, 5.41) is 3.68. The lowest BCUT2D eigenvalue weighted by molar-refractivity contribution is 0.0515. The van der Waals surface area contributed by atoms with Crippen molar-refractivity contribution < 1.29 is 0 Å². The van der Waals surface area contributed by atoms with Gasteiger partial charge in [0.05, 0.1) is 0 Å². The monoisotopic (exact) mass is 222 g/mol. The molecule has 1 N–H and O–H groups in total. The van der Waals surface area contributed by atoms with Crippen LogP contribution >= 0.6 is 0 Å². The van der Waals surface area contributed by atoms with Crippen LogP contribution in [-0.2, 0) is 0 Å². The fourth-order valence-corrected chi connectivity index (χ4v) is 2.49. The van der Waals surface area contributed by atoms with Gasteiger partial charge in [0.2, 0.25) is 0 Å². The van der Waals surface area contributed by atoms with E-state index in [1.165, 1.54) is 12.8 Å². The van der Waals surface area contributed by atoms with Gasteiger partial charge in [-0.25, -0.2) is 0 Å². The Morgan fingerprint density at radius 3 is 2.75 bits per heavy atom. The van der Waals surface area contributed by atoms with Crippen molar-refractivity contribution in [3.8, 4) is 12.3 Å². The van der Waals surface area contributed by atoms with E-state index in [0.29, 0.717) is 12.1 Å². The molecule has 1 saturated heterocycles. The van der Waals surface area contributed by atoms with Gasteiger partial charge in [-0.3, -0.25) is 4.90 Å². The minimum Gasteiger partial charge on any atom is -0.309 e. The summed E-state index contributed by atoms with van der Waals surface area (Å²) >= 11 is 0. The highest BCUT2D eigenvalue weighted by Crippen LogP contribution is 2.23. The van der Waals surface area contributed by atoms with Gasteiger partial charge >= 0.3 is 0 Å². The number of terminal acetylenes is 1. The topological polar surface area (TPSA) is 15.3 Å². The van der Waals surface area contributed by atoms with Gasteiger partial charge in [0.25, 0.3) is 0 Å². The molecule has 0 aliphatic carbocycles. The van der Waals surface area contributed by atoms with Crippen LogP contribution in [0.3, 0.4) is 0 Å². The second-order valence-electron chi connectivity index (χ2n) is 5.29. The summed E-state index contributed by atoms with van der Waals surface area (Å²) in [6.45, 7) is 11.3. The van der Waals surface area contributed by atoms with Crippen molar-refractivity contribution in [3.05, 3.63) is 0 Å². The first-order valence-electron chi connectivity index (χ1n) is 6.50. The molecule has 1 heterocycles. The molecule has 1 fully saturated rings. The molecule has 16 heavy (non-hydrogen) atoms. The van der Waals surface area contributed by atoms with Crippen LogP contribution in [0.1, 0.15) is 47.0 Å². The summed E-state index contributed by atoms with van der Waals surface area (Å²) < 4.78 is 0. The van der Waals surface area contributed by atoms with Crippen LogP contribution in [-0.4, -0.2) is 35.6 Å². The number of rotatable bonds is 4. The number of nitrogens with one attached hydrogen (secondary N) is 1. The minimum atomic E-state index is 0.258. The van der Waals surface area contributed by atoms with Crippen molar-refractivity contribution in [3.63, 3.8) is 0 Å². The fourth-order valence-electron chi connectivity index (χ4n) is 2.49. The summed E-state index contributed by atoms with van der Waals surface area (Å²) in [5.41, 5.74) is 0.258. The van der Waals surface area contributed by atoms with E-state index in [-0.39, 0.29) is 5.54 Å². The molecule has 0 bridgehead atoms. The maximum atomic E-state index is 5.43. The second-order valence-corrected chi connectivity index (χ2v) is 5.29. The third-order valence-electron chi connectivity index (χ3n) is 4.00. The van der Waals surface area contributed by atoms with Crippen molar-refractivity contribution in [2.75, 3.05) is 13.1 Å². The molecule has 0 aromatic carbocycles. The molecule has 0 amide bonds. The smallest absolute Gasteiger partial charge is 0.0278 e. The summed E-state index contributed by atoms with van der Waals surface area (Å²) in [7, 11) is 0. The van der Waals surface area contributed by atoms with E-state index in [2.05, 4.69) is 43.8 Å². The van der Waals surface area contributed by atoms with Crippen LogP contribution in [0.25, 0.3) is 0 Å². The highest BCUT2D eigenvalue weighted by atomic mass is 15.3. The first-order chi connectivity index (χ1) is 7.56. The Morgan fingerprint density at radius 2 is 2.25 bits per heavy atom. The fraction of sp³-hybridized carbons (Fsp3) is 0.857. The number of hydrogen-bond donors (Lipinski definition) is 1. The minimum absolute atomic E-state index is 0.258. The Hall–Kier alpha value is -0.520. The zero-order valence-electron chi connectivity index (χ0n) is 11.2. The van der Waals surface area contributed by atoms with Crippen LogP contribution in [0, 0.1) is 12.3 Å². The van der Waals surface area contributed by atoms with Crippen LogP contribution in [0.2, 0.25) is 0 Å². The Labute approximate surface area is 101 Å². The molecular weight excluding hydrogens is 196 g/mol. The highest BCUT2D eigenvalue weighted by Gasteiger charge is 2.35. The Morgan fingerprint density at radius 1 is 1.56 bits per heavy atom. The molecule has 0 radical (unpaired) electrons. The molecule has 1 aliphatic rings. The summed E-state index contributed by atoms with van der Waals surface area (Å²) in [5.74, 6) is 2.79. The summed E-state index contributed by atoms with van der Waals surface area (Å²) in [6.07, 6.45) is 8.65. The lowest BCUT2D eigenvalue weighted by Gasteiger charge is -2.48. The number of piperazine rings is 1. The van der Waals surface area contributed by atoms with Gasteiger partial charge in [-0.1, -0.05) is 13.8 Å². The maximum Gasteiger partial charge on any atom is 0.0278 e. The normalized spacial score (nSPS) is 33.3. The van der Waals surface area contributed by atoms with Crippen molar-refractivity contribution in [1.29, 1.82) is 0 Å². The quantitative estimate of drug-likeness (QED) is 0.734. The third kappa shape index (κ3) is 2.99. The van der Waals surface area contributed by atoms with Crippen LogP contribution in [0.5, 0.6) is 0 Å². The Balaban J connectivity index is 2.71. The molecule has 1 rings (SSSR count). The van der Waals surface area contributed by atoms with Crippen molar-refractivity contribution in [2.45, 2.75) is 64.6 Å². The zero-order valence-corrected chi connectivity index (χ0v) is 11.2. The van der Waals surface area contributed by atoms with Gasteiger partial charge < -0.3 is 5.32 Å². The van der Waals surface area contributed by atoms with Crippen molar-refractivity contribution in [1.82, 2.24) is 10.2 Å². The van der Waals surface area contributed by atoms with E-state index < -0.39 is 0 Å². The van der Waals surface area contributed by atoms with Crippen LogP contribution in [0.15, 0.2) is 0 Å². The lowest BCUT2D eigenvalue weighted by atomic mass is 9.91. The van der Waals surface area contributed by atoms with Gasteiger partial charge in [0.15, 0.2) is 0 Å². The molecule has 0 saturated carbocycles. The van der Waals surface area contributed by atoms with Gasteiger partial charge in [0, 0.05) is 37.1 Å². The molecule has 3 atom stereocenters. The van der Waals surface area contributed by atoms with Gasteiger partial charge in [-0.15, -0.1) is 12.3 Å². The average Bonchev–Trinajstić information content (AvgIpc) is 2.29. The second kappa shape index (κ2) is 5.70. The first-order valence-corrected chi connectivity index (χ1v) is 6.50. The Kier molecular flexibility index (Phi) is 4.83. The number of hydrogen-bond acceptors (Lipinski definition) is 2. The predicted molar refractivity (Wildman–Crippen MR) is 70.4 cm³/mol. The SMILES string of the molecule is C#CCC(C)N1CC(C)(CC)NCC1CC. The summed E-state index contributed by atoms with van der Waals surface area (Å²) in [6, 6.07) is 1.14. The van der Waals surface area contributed by atoms with E-state index in [1.807, 2.05) is 0 Å². The van der Waals surface area contributed by atoms with Crippen LogP contribution < -0.4 is 5.32 Å². The summed E-state index contributed by atoms with van der Waals surface area (Å²) in [4.78, 5) is 2.60. The van der Waals surface area contributed by atoms with Gasteiger partial charge in [-0.05, 0) is 26.7 Å². The van der Waals surface area contributed by atoms with Crippen LogP contribution in [0.4, 0.5) is 0 Å². The third-order valence-corrected chi connectivity index (χ3v) is 4.00. The maximum absolute atomic E-state index is 5.43. The molecule has 1 aliphatic heterocycles. The lowest BCUT2D eigenvalue weighted by Crippen LogP contribution is -2.64. The van der Waals surface area contributed by atoms with E-state index in [9.17, 15) is 0 Å². The van der Waals surface area contributed by atoms with Gasteiger partial charge in [-0.2, -0.15) is 0 Å². The van der Waals surface area contributed by atoms with Crippen molar-refractivity contribution >= 4 is 0 Å².